The SMILES string of the molecule is CC1(OCc2ccccc2F)COC(c2ccccc2)OC1. The Bertz CT molecular complexity index is 607. The largest absolute Gasteiger partial charge is 0.366 e. The Morgan fingerprint density at radius 3 is 2.36 bits per heavy atom. The zero-order chi connectivity index (χ0) is 15.4. The zero-order valence-electron chi connectivity index (χ0n) is 12.5. The highest BCUT2D eigenvalue weighted by atomic mass is 19.1. The molecule has 0 unspecified atom stereocenters. The molecule has 1 heterocycles. The van der Waals surface area contributed by atoms with Crippen molar-refractivity contribution in [3.63, 3.8) is 0 Å². The molecule has 4 heteroatoms. The van der Waals surface area contributed by atoms with Gasteiger partial charge in [-0.1, -0.05) is 48.5 Å². The van der Waals surface area contributed by atoms with Crippen LogP contribution in [0.15, 0.2) is 54.6 Å². The summed E-state index contributed by atoms with van der Waals surface area (Å²) in [7, 11) is 0. The molecule has 0 aliphatic carbocycles. The van der Waals surface area contributed by atoms with Crippen molar-refractivity contribution < 1.29 is 18.6 Å². The normalized spacial score (nSPS) is 25.1. The Morgan fingerprint density at radius 1 is 1.05 bits per heavy atom. The second-order valence-corrected chi connectivity index (χ2v) is 5.69. The maximum Gasteiger partial charge on any atom is 0.184 e. The van der Waals surface area contributed by atoms with E-state index in [-0.39, 0.29) is 18.7 Å². The number of rotatable bonds is 4. The van der Waals surface area contributed by atoms with E-state index >= 15 is 0 Å². The highest BCUT2D eigenvalue weighted by molar-refractivity contribution is 5.17. The molecule has 0 atom stereocenters. The molecule has 116 valence electrons. The fraction of sp³-hybridized carbons (Fsp3) is 0.333. The fourth-order valence-corrected chi connectivity index (χ4v) is 2.35. The standard InChI is InChI=1S/C18H19FO3/c1-18(22-11-15-9-5-6-10-16(15)19)12-20-17(21-13-18)14-7-3-2-4-8-14/h2-10,17H,11-13H2,1H3. The van der Waals surface area contributed by atoms with Crippen LogP contribution >= 0.6 is 0 Å². The molecule has 2 aromatic rings. The Balaban J connectivity index is 1.57. The van der Waals surface area contributed by atoms with Gasteiger partial charge in [-0.15, -0.1) is 0 Å². The monoisotopic (exact) mass is 302 g/mol. The van der Waals surface area contributed by atoms with Gasteiger partial charge >= 0.3 is 0 Å². The van der Waals surface area contributed by atoms with Crippen LogP contribution in [0.5, 0.6) is 0 Å². The van der Waals surface area contributed by atoms with Crippen molar-refractivity contribution in [2.45, 2.75) is 25.4 Å². The molecule has 1 saturated heterocycles. The van der Waals surface area contributed by atoms with Crippen molar-refractivity contribution in [2.75, 3.05) is 13.2 Å². The van der Waals surface area contributed by atoms with Gasteiger partial charge in [0.05, 0.1) is 19.8 Å². The van der Waals surface area contributed by atoms with Gasteiger partial charge in [0.25, 0.3) is 0 Å². The lowest BCUT2D eigenvalue weighted by molar-refractivity contribution is -0.267. The van der Waals surface area contributed by atoms with E-state index in [1.807, 2.05) is 37.3 Å². The quantitative estimate of drug-likeness (QED) is 0.858. The number of benzene rings is 2. The van der Waals surface area contributed by atoms with E-state index in [2.05, 4.69) is 0 Å². The van der Waals surface area contributed by atoms with E-state index in [4.69, 9.17) is 14.2 Å². The van der Waals surface area contributed by atoms with Crippen molar-refractivity contribution in [1.82, 2.24) is 0 Å². The molecule has 3 rings (SSSR count). The second-order valence-electron chi connectivity index (χ2n) is 5.69. The zero-order valence-corrected chi connectivity index (χ0v) is 12.5. The van der Waals surface area contributed by atoms with Crippen LogP contribution in [0.25, 0.3) is 0 Å². The molecule has 1 aliphatic rings. The Morgan fingerprint density at radius 2 is 1.68 bits per heavy atom. The maximum atomic E-state index is 13.6. The summed E-state index contributed by atoms with van der Waals surface area (Å²) in [5.41, 5.74) is 0.945. The van der Waals surface area contributed by atoms with Gasteiger partial charge < -0.3 is 14.2 Å². The van der Waals surface area contributed by atoms with E-state index < -0.39 is 5.60 Å². The van der Waals surface area contributed by atoms with Crippen LogP contribution in [-0.4, -0.2) is 18.8 Å². The molecule has 0 radical (unpaired) electrons. The molecule has 0 bridgehead atoms. The van der Waals surface area contributed by atoms with Crippen LogP contribution in [-0.2, 0) is 20.8 Å². The molecule has 3 nitrogen and oxygen atoms in total. The van der Waals surface area contributed by atoms with Gasteiger partial charge in [-0.2, -0.15) is 0 Å². The van der Waals surface area contributed by atoms with Gasteiger partial charge in [0.15, 0.2) is 6.29 Å². The van der Waals surface area contributed by atoms with Crippen LogP contribution < -0.4 is 0 Å². The van der Waals surface area contributed by atoms with Crippen molar-refractivity contribution in [2.24, 2.45) is 0 Å². The average Bonchev–Trinajstić information content (AvgIpc) is 2.56. The summed E-state index contributed by atoms with van der Waals surface area (Å²) in [6.45, 7) is 2.92. The van der Waals surface area contributed by atoms with Crippen LogP contribution in [0.3, 0.4) is 0 Å². The summed E-state index contributed by atoms with van der Waals surface area (Å²) < 4.78 is 31.0. The van der Waals surface area contributed by atoms with E-state index in [1.165, 1.54) is 6.07 Å². The minimum absolute atomic E-state index is 0.200. The molecule has 0 aromatic heterocycles. The molecule has 0 saturated carbocycles. The lowest BCUT2D eigenvalue weighted by Crippen LogP contribution is -2.44. The highest BCUT2D eigenvalue weighted by Gasteiger charge is 2.34. The van der Waals surface area contributed by atoms with Crippen molar-refractivity contribution in [1.29, 1.82) is 0 Å². The van der Waals surface area contributed by atoms with E-state index in [9.17, 15) is 4.39 Å². The predicted octanol–water partition coefficient (Wildman–Crippen LogP) is 3.85. The van der Waals surface area contributed by atoms with E-state index in [0.29, 0.717) is 18.8 Å². The summed E-state index contributed by atoms with van der Waals surface area (Å²) in [6, 6.07) is 16.4. The van der Waals surface area contributed by atoms with Crippen molar-refractivity contribution in [3.8, 4) is 0 Å². The Hall–Kier alpha value is -1.75. The topological polar surface area (TPSA) is 27.7 Å². The summed E-state index contributed by atoms with van der Waals surface area (Å²) >= 11 is 0. The van der Waals surface area contributed by atoms with Crippen LogP contribution in [0, 0.1) is 5.82 Å². The van der Waals surface area contributed by atoms with Gasteiger partial charge in [-0.25, -0.2) is 4.39 Å². The third-order valence-electron chi connectivity index (χ3n) is 3.69. The minimum Gasteiger partial charge on any atom is -0.366 e. The highest BCUT2D eigenvalue weighted by Crippen LogP contribution is 2.29. The number of hydrogen-bond donors (Lipinski definition) is 0. The average molecular weight is 302 g/mol. The molecule has 2 aromatic carbocycles. The van der Waals surface area contributed by atoms with Gasteiger partial charge in [-0.3, -0.25) is 0 Å². The minimum atomic E-state index is -0.576. The first-order chi connectivity index (χ1) is 10.7. The number of halogens is 1. The third kappa shape index (κ3) is 3.53. The molecule has 0 N–H and O–H groups in total. The van der Waals surface area contributed by atoms with Gasteiger partial charge in [0.1, 0.15) is 11.4 Å². The lowest BCUT2D eigenvalue weighted by Gasteiger charge is -2.37. The van der Waals surface area contributed by atoms with Crippen molar-refractivity contribution >= 4 is 0 Å². The number of hydrogen-bond acceptors (Lipinski definition) is 3. The van der Waals surface area contributed by atoms with E-state index in [0.717, 1.165) is 5.56 Å². The Labute approximate surface area is 129 Å². The maximum absolute atomic E-state index is 13.6. The summed E-state index contributed by atoms with van der Waals surface area (Å²) in [6.07, 6.45) is -0.369. The number of ether oxygens (including phenoxy) is 3. The van der Waals surface area contributed by atoms with Crippen LogP contribution in [0.4, 0.5) is 4.39 Å². The van der Waals surface area contributed by atoms with Crippen molar-refractivity contribution in [3.05, 3.63) is 71.5 Å². The van der Waals surface area contributed by atoms with Crippen LogP contribution in [0.1, 0.15) is 24.3 Å². The second kappa shape index (κ2) is 6.57. The molecule has 0 spiro atoms. The molecule has 1 fully saturated rings. The summed E-state index contributed by atoms with van der Waals surface area (Å²) in [5.74, 6) is -0.258. The van der Waals surface area contributed by atoms with Crippen LogP contribution in [0.2, 0.25) is 0 Å². The summed E-state index contributed by atoms with van der Waals surface area (Å²) in [5, 5.41) is 0. The molecule has 0 amide bonds. The molecule has 1 aliphatic heterocycles. The first kappa shape index (κ1) is 15.2. The molecule has 22 heavy (non-hydrogen) atoms. The molecular weight excluding hydrogens is 283 g/mol. The fourth-order valence-electron chi connectivity index (χ4n) is 2.35. The van der Waals surface area contributed by atoms with Gasteiger partial charge in [0, 0.05) is 11.1 Å². The lowest BCUT2D eigenvalue weighted by atomic mass is 10.1. The molecular formula is C18H19FO3. The van der Waals surface area contributed by atoms with Gasteiger partial charge in [0.2, 0.25) is 0 Å². The van der Waals surface area contributed by atoms with Gasteiger partial charge in [-0.05, 0) is 13.0 Å². The third-order valence-corrected chi connectivity index (χ3v) is 3.69. The summed E-state index contributed by atoms with van der Waals surface area (Å²) in [4.78, 5) is 0. The van der Waals surface area contributed by atoms with E-state index in [1.54, 1.807) is 18.2 Å². The first-order valence-electron chi connectivity index (χ1n) is 7.32. The predicted molar refractivity (Wildman–Crippen MR) is 80.7 cm³/mol. The smallest absolute Gasteiger partial charge is 0.184 e. The first-order valence-corrected chi connectivity index (χ1v) is 7.32. The Kier molecular flexibility index (Phi) is 4.52.